The van der Waals surface area contributed by atoms with E-state index in [-0.39, 0.29) is 5.91 Å². The number of nitrogens with one attached hydrogen (secondary N) is 1. The lowest BCUT2D eigenvalue weighted by molar-refractivity contribution is 0.0924. The maximum atomic E-state index is 11.8. The third kappa shape index (κ3) is 4.96. The van der Waals surface area contributed by atoms with Gasteiger partial charge in [0, 0.05) is 17.4 Å². The Morgan fingerprint density at radius 1 is 1.39 bits per heavy atom. The molecule has 100 valence electrons. The van der Waals surface area contributed by atoms with E-state index in [1.807, 2.05) is 0 Å². The van der Waals surface area contributed by atoms with Crippen LogP contribution < -0.4 is 10.1 Å². The van der Waals surface area contributed by atoms with E-state index in [0.717, 1.165) is 9.80 Å². The Balaban J connectivity index is 2.44. The van der Waals surface area contributed by atoms with Crippen LogP contribution in [0.15, 0.2) is 22.7 Å². The predicted molar refractivity (Wildman–Crippen MR) is 77.6 cm³/mol. The van der Waals surface area contributed by atoms with Gasteiger partial charge in [-0.3, -0.25) is 4.79 Å². The molecule has 0 aliphatic carbocycles. The SMILES string of the molecule is COc1ccc(C(=O)NCCOCCBr)cc1Br. The number of hydrogen-bond acceptors (Lipinski definition) is 3. The summed E-state index contributed by atoms with van der Waals surface area (Å²) in [5.41, 5.74) is 0.586. The van der Waals surface area contributed by atoms with Crippen LogP contribution in [0.4, 0.5) is 0 Å². The number of carbonyl (C=O) groups excluding carboxylic acids is 1. The number of methoxy groups -OCH3 is 1. The summed E-state index contributed by atoms with van der Waals surface area (Å²) < 4.78 is 11.1. The van der Waals surface area contributed by atoms with Crippen molar-refractivity contribution in [1.29, 1.82) is 0 Å². The number of hydrogen-bond donors (Lipinski definition) is 1. The average Bonchev–Trinajstić information content (AvgIpc) is 2.38. The van der Waals surface area contributed by atoms with Crippen molar-refractivity contribution in [3.05, 3.63) is 28.2 Å². The quantitative estimate of drug-likeness (QED) is 0.584. The van der Waals surface area contributed by atoms with Crippen LogP contribution in [0.5, 0.6) is 5.75 Å². The van der Waals surface area contributed by atoms with E-state index in [0.29, 0.717) is 31.1 Å². The van der Waals surface area contributed by atoms with Crippen molar-refractivity contribution in [2.75, 3.05) is 32.2 Å². The summed E-state index contributed by atoms with van der Waals surface area (Å²) in [6.07, 6.45) is 0. The lowest BCUT2D eigenvalue weighted by atomic mass is 10.2. The highest BCUT2D eigenvalue weighted by Gasteiger charge is 2.08. The number of alkyl halides is 1. The Labute approximate surface area is 123 Å². The van der Waals surface area contributed by atoms with Crippen LogP contribution in [0, 0.1) is 0 Å². The van der Waals surface area contributed by atoms with Crippen molar-refractivity contribution in [2.24, 2.45) is 0 Å². The molecule has 1 rings (SSSR count). The van der Waals surface area contributed by atoms with Gasteiger partial charge in [-0.15, -0.1) is 0 Å². The second-order valence-corrected chi connectivity index (χ2v) is 5.05. The second-order valence-electron chi connectivity index (χ2n) is 3.41. The number of benzene rings is 1. The third-order valence-electron chi connectivity index (χ3n) is 2.17. The number of amides is 1. The van der Waals surface area contributed by atoms with Crippen LogP contribution in [0.2, 0.25) is 0 Å². The summed E-state index contributed by atoms with van der Waals surface area (Å²) >= 11 is 6.60. The summed E-state index contributed by atoms with van der Waals surface area (Å²) in [6.45, 7) is 1.65. The lowest BCUT2D eigenvalue weighted by Gasteiger charge is -2.08. The van der Waals surface area contributed by atoms with Crippen molar-refractivity contribution in [1.82, 2.24) is 5.32 Å². The minimum absolute atomic E-state index is 0.124. The van der Waals surface area contributed by atoms with Crippen LogP contribution in [0.3, 0.4) is 0 Å². The van der Waals surface area contributed by atoms with Crippen LogP contribution in [-0.2, 0) is 4.74 Å². The van der Waals surface area contributed by atoms with Crippen molar-refractivity contribution in [3.63, 3.8) is 0 Å². The Morgan fingerprint density at radius 2 is 2.17 bits per heavy atom. The number of carbonyl (C=O) groups is 1. The van der Waals surface area contributed by atoms with E-state index >= 15 is 0 Å². The third-order valence-corrected chi connectivity index (χ3v) is 3.11. The van der Waals surface area contributed by atoms with E-state index in [1.165, 1.54) is 0 Å². The first-order chi connectivity index (χ1) is 8.69. The molecule has 1 amide bonds. The second kappa shape index (κ2) is 8.50. The topological polar surface area (TPSA) is 47.6 Å². The molecular weight excluding hydrogens is 366 g/mol. The number of ether oxygens (including phenoxy) is 2. The molecule has 0 spiro atoms. The molecule has 0 saturated carbocycles. The van der Waals surface area contributed by atoms with Gasteiger partial charge in [-0.25, -0.2) is 0 Å². The number of rotatable bonds is 7. The molecule has 0 aliphatic rings. The molecule has 0 aliphatic heterocycles. The van der Waals surface area contributed by atoms with Gasteiger partial charge in [0.1, 0.15) is 5.75 Å². The smallest absolute Gasteiger partial charge is 0.251 e. The number of halogens is 2. The Morgan fingerprint density at radius 3 is 2.78 bits per heavy atom. The minimum atomic E-state index is -0.124. The van der Waals surface area contributed by atoms with Gasteiger partial charge in [0.25, 0.3) is 5.91 Å². The maximum absolute atomic E-state index is 11.8. The van der Waals surface area contributed by atoms with Crippen molar-refractivity contribution in [2.45, 2.75) is 0 Å². The zero-order chi connectivity index (χ0) is 13.4. The molecule has 1 aromatic rings. The molecule has 6 heteroatoms. The molecule has 18 heavy (non-hydrogen) atoms. The Hall–Kier alpha value is -0.590. The maximum Gasteiger partial charge on any atom is 0.251 e. The van der Waals surface area contributed by atoms with Crippen LogP contribution in [0.25, 0.3) is 0 Å². The summed E-state index contributed by atoms with van der Waals surface area (Å²) in [4.78, 5) is 11.8. The molecule has 0 atom stereocenters. The first-order valence-electron chi connectivity index (χ1n) is 5.44. The molecule has 1 N–H and O–H groups in total. The van der Waals surface area contributed by atoms with Gasteiger partial charge in [-0.1, -0.05) is 15.9 Å². The molecule has 0 heterocycles. The van der Waals surface area contributed by atoms with Gasteiger partial charge in [0.15, 0.2) is 0 Å². The van der Waals surface area contributed by atoms with Gasteiger partial charge in [0.2, 0.25) is 0 Å². The first kappa shape index (κ1) is 15.5. The molecule has 4 nitrogen and oxygen atoms in total. The van der Waals surface area contributed by atoms with Crippen molar-refractivity contribution >= 4 is 37.8 Å². The minimum Gasteiger partial charge on any atom is -0.496 e. The fourth-order valence-electron chi connectivity index (χ4n) is 1.30. The lowest BCUT2D eigenvalue weighted by Crippen LogP contribution is -2.27. The van der Waals surface area contributed by atoms with Gasteiger partial charge in [0.05, 0.1) is 24.8 Å². The van der Waals surface area contributed by atoms with E-state index in [1.54, 1.807) is 25.3 Å². The summed E-state index contributed by atoms with van der Waals surface area (Å²) in [7, 11) is 1.58. The zero-order valence-corrected chi connectivity index (χ0v) is 13.2. The monoisotopic (exact) mass is 379 g/mol. The zero-order valence-electron chi connectivity index (χ0n) is 10.0. The van der Waals surface area contributed by atoms with Gasteiger partial charge in [-0.2, -0.15) is 0 Å². The Bertz CT molecular complexity index is 399. The molecule has 0 unspecified atom stereocenters. The fourth-order valence-corrected chi connectivity index (χ4v) is 2.07. The van der Waals surface area contributed by atoms with Gasteiger partial charge in [-0.05, 0) is 34.1 Å². The molecule has 0 bridgehead atoms. The molecule has 1 aromatic carbocycles. The van der Waals surface area contributed by atoms with Crippen LogP contribution in [-0.4, -0.2) is 38.1 Å². The average molecular weight is 381 g/mol. The van der Waals surface area contributed by atoms with E-state index < -0.39 is 0 Å². The van der Waals surface area contributed by atoms with Crippen molar-refractivity contribution in [3.8, 4) is 5.75 Å². The van der Waals surface area contributed by atoms with E-state index in [4.69, 9.17) is 9.47 Å². The molecule has 0 aromatic heterocycles. The highest BCUT2D eigenvalue weighted by Crippen LogP contribution is 2.25. The normalized spacial score (nSPS) is 10.2. The van der Waals surface area contributed by atoms with Crippen LogP contribution >= 0.6 is 31.9 Å². The first-order valence-corrected chi connectivity index (χ1v) is 7.36. The summed E-state index contributed by atoms with van der Waals surface area (Å²) in [5.74, 6) is 0.577. The molecule has 0 radical (unpaired) electrons. The fraction of sp³-hybridized carbons (Fsp3) is 0.417. The molecule has 0 fully saturated rings. The largest absolute Gasteiger partial charge is 0.496 e. The predicted octanol–water partition coefficient (Wildman–Crippen LogP) is 2.60. The highest BCUT2D eigenvalue weighted by atomic mass is 79.9. The molecular formula is C12H15Br2NO3. The van der Waals surface area contributed by atoms with Gasteiger partial charge < -0.3 is 14.8 Å². The standard InChI is InChI=1S/C12H15Br2NO3/c1-17-11-3-2-9(8-10(11)14)12(16)15-5-7-18-6-4-13/h2-3,8H,4-7H2,1H3,(H,15,16). The highest BCUT2D eigenvalue weighted by molar-refractivity contribution is 9.10. The Kier molecular flexibility index (Phi) is 7.31. The van der Waals surface area contributed by atoms with Gasteiger partial charge >= 0.3 is 0 Å². The van der Waals surface area contributed by atoms with E-state index in [9.17, 15) is 4.79 Å². The molecule has 0 saturated heterocycles. The van der Waals surface area contributed by atoms with E-state index in [2.05, 4.69) is 37.2 Å². The summed E-state index contributed by atoms with van der Waals surface area (Å²) in [6, 6.07) is 5.20. The van der Waals surface area contributed by atoms with Crippen molar-refractivity contribution < 1.29 is 14.3 Å². The summed E-state index contributed by atoms with van der Waals surface area (Å²) in [5, 5.41) is 3.58. The van der Waals surface area contributed by atoms with Crippen LogP contribution in [0.1, 0.15) is 10.4 Å².